The first-order valence-corrected chi connectivity index (χ1v) is 7.59. The molecule has 6 nitrogen and oxygen atoms in total. The maximum Gasteiger partial charge on any atom is 0.326 e. The first-order chi connectivity index (χ1) is 10.9. The number of carboxylic acids is 1. The van der Waals surface area contributed by atoms with Gasteiger partial charge in [-0.1, -0.05) is 38.5 Å². The summed E-state index contributed by atoms with van der Waals surface area (Å²) in [7, 11) is 0. The lowest BCUT2D eigenvalue weighted by molar-refractivity contribution is -0.140. The monoisotopic (exact) mass is 315 g/mol. The van der Waals surface area contributed by atoms with Gasteiger partial charge in [0.15, 0.2) is 5.69 Å². The second kappa shape index (κ2) is 7.09. The van der Waals surface area contributed by atoms with E-state index in [0.29, 0.717) is 6.42 Å². The Morgan fingerprint density at radius 3 is 2.52 bits per heavy atom. The Kier molecular flexibility index (Phi) is 5.16. The molecule has 0 aliphatic rings. The predicted octanol–water partition coefficient (Wildman–Crippen LogP) is 2.41. The van der Waals surface area contributed by atoms with Gasteiger partial charge in [0.2, 0.25) is 0 Å². The summed E-state index contributed by atoms with van der Waals surface area (Å²) in [6.07, 6.45) is 0.661. The zero-order valence-electron chi connectivity index (χ0n) is 13.5. The van der Waals surface area contributed by atoms with Gasteiger partial charge in [-0.3, -0.25) is 4.79 Å². The van der Waals surface area contributed by atoms with Crippen LogP contribution in [0.5, 0.6) is 0 Å². The fraction of sp³-hybridized carbons (Fsp3) is 0.353. The molecule has 2 rings (SSSR count). The van der Waals surface area contributed by atoms with Crippen LogP contribution in [-0.4, -0.2) is 32.8 Å². The van der Waals surface area contributed by atoms with E-state index in [4.69, 9.17) is 0 Å². The Labute approximate surface area is 135 Å². The van der Waals surface area contributed by atoms with Crippen LogP contribution >= 0.6 is 0 Å². The Bertz CT molecular complexity index is 694. The minimum atomic E-state index is -1.04. The number of para-hydroxylation sites is 1. The summed E-state index contributed by atoms with van der Waals surface area (Å²) >= 11 is 0. The summed E-state index contributed by atoms with van der Waals surface area (Å²) in [6, 6.07) is 10.2. The molecule has 1 aromatic heterocycles. The van der Waals surface area contributed by atoms with Crippen LogP contribution in [-0.2, 0) is 4.79 Å². The summed E-state index contributed by atoms with van der Waals surface area (Å²) in [4.78, 5) is 23.6. The van der Waals surface area contributed by atoms with Gasteiger partial charge in [0.1, 0.15) is 6.04 Å². The van der Waals surface area contributed by atoms with Crippen molar-refractivity contribution >= 4 is 11.9 Å². The number of aromatic nitrogens is 2. The molecular weight excluding hydrogens is 294 g/mol. The molecule has 6 heteroatoms. The van der Waals surface area contributed by atoms with E-state index >= 15 is 0 Å². The van der Waals surface area contributed by atoms with E-state index in [-0.39, 0.29) is 11.6 Å². The molecule has 0 spiro atoms. The molecule has 0 saturated carbocycles. The molecular formula is C17H21N3O3. The van der Waals surface area contributed by atoms with E-state index in [1.165, 1.54) is 0 Å². The number of aliphatic carboxylic acids is 1. The minimum Gasteiger partial charge on any atom is -0.480 e. The summed E-state index contributed by atoms with van der Waals surface area (Å²) in [5.74, 6) is -1.67. The van der Waals surface area contributed by atoms with Crippen LogP contribution in [0, 0.1) is 12.8 Å². The lowest BCUT2D eigenvalue weighted by Gasteiger charge is -2.19. The number of carbonyl (C=O) groups excluding carboxylic acids is 1. The van der Waals surface area contributed by atoms with Crippen LogP contribution in [0.4, 0.5) is 0 Å². The molecule has 0 bridgehead atoms. The highest BCUT2D eigenvalue weighted by Gasteiger charge is 2.26. The number of aryl methyl sites for hydroxylation is 1. The molecule has 23 heavy (non-hydrogen) atoms. The number of benzene rings is 1. The lowest BCUT2D eigenvalue weighted by Crippen LogP contribution is -2.45. The van der Waals surface area contributed by atoms with Gasteiger partial charge in [0.25, 0.3) is 5.91 Å². The third-order valence-corrected chi connectivity index (χ3v) is 3.89. The number of amides is 1. The number of hydrogen-bond donors (Lipinski definition) is 2. The van der Waals surface area contributed by atoms with Crippen molar-refractivity contribution in [1.82, 2.24) is 15.1 Å². The molecule has 2 atom stereocenters. The number of carbonyl (C=O) groups is 2. The van der Waals surface area contributed by atoms with Gasteiger partial charge in [-0.25, -0.2) is 9.48 Å². The Morgan fingerprint density at radius 1 is 1.30 bits per heavy atom. The van der Waals surface area contributed by atoms with Crippen molar-refractivity contribution in [3.8, 4) is 5.69 Å². The van der Waals surface area contributed by atoms with E-state index in [2.05, 4.69) is 10.4 Å². The van der Waals surface area contributed by atoms with Crippen molar-refractivity contribution in [2.24, 2.45) is 5.92 Å². The number of carboxylic acid groups (broad SMARTS) is 1. The molecule has 2 aromatic rings. The summed E-state index contributed by atoms with van der Waals surface area (Å²) in [6.45, 7) is 5.54. The first-order valence-electron chi connectivity index (χ1n) is 7.59. The van der Waals surface area contributed by atoms with Crippen LogP contribution in [0.3, 0.4) is 0 Å². The quantitative estimate of drug-likeness (QED) is 0.857. The second-order valence-electron chi connectivity index (χ2n) is 5.59. The van der Waals surface area contributed by atoms with E-state index in [1.807, 2.05) is 44.2 Å². The van der Waals surface area contributed by atoms with E-state index in [9.17, 15) is 14.7 Å². The molecule has 0 radical (unpaired) electrons. The topological polar surface area (TPSA) is 84.2 Å². The zero-order chi connectivity index (χ0) is 17.0. The molecule has 0 aliphatic heterocycles. The highest BCUT2D eigenvalue weighted by molar-refractivity contribution is 5.95. The van der Waals surface area contributed by atoms with Crippen molar-refractivity contribution < 1.29 is 14.7 Å². The average molecular weight is 315 g/mol. The van der Waals surface area contributed by atoms with Gasteiger partial charge < -0.3 is 10.4 Å². The lowest BCUT2D eigenvalue weighted by atomic mass is 9.99. The molecule has 1 heterocycles. The fourth-order valence-electron chi connectivity index (χ4n) is 2.31. The SMILES string of the molecule is CCC(C)C(NC(=O)c1cc(C)n(-c2ccccc2)n1)C(=O)O. The van der Waals surface area contributed by atoms with Crippen LogP contribution in [0.25, 0.3) is 5.69 Å². The standard InChI is InChI=1S/C17H21N3O3/c1-4-11(2)15(17(22)23)18-16(21)14-10-12(3)20(19-14)13-8-6-5-7-9-13/h5-11,15H,4H2,1-3H3,(H,18,21)(H,22,23). The highest BCUT2D eigenvalue weighted by atomic mass is 16.4. The van der Waals surface area contributed by atoms with Gasteiger partial charge in [-0.2, -0.15) is 5.10 Å². The van der Waals surface area contributed by atoms with Gasteiger partial charge in [0.05, 0.1) is 5.69 Å². The van der Waals surface area contributed by atoms with E-state index in [1.54, 1.807) is 17.7 Å². The van der Waals surface area contributed by atoms with Crippen LogP contribution < -0.4 is 5.32 Å². The van der Waals surface area contributed by atoms with Crippen LogP contribution in [0.1, 0.15) is 36.5 Å². The minimum absolute atomic E-state index is 0.159. The maximum atomic E-state index is 12.3. The number of hydrogen-bond acceptors (Lipinski definition) is 3. The normalized spacial score (nSPS) is 13.3. The van der Waals surface area contributed by atoms with Gasteiger partial charge in [-0.05, 0) is 31.0 Å². The Hall–Kier alpha value is -2.63. The first kappa shape index (κ1) is 16.7. The van der Waals surface area contributed by atoms with Crippen LogP contribution in [0.2, 0.25) is 0 Å². The van der Waals surface area contributed by atoms with E-state index in [0.717, 1.165) is 11.4 Å². The highest BCUT2D eigenvalue weighted by Crippen LogP contribution is 2.13. The van der Waals surface area contributed by atoms with Crippen molar-refractivity contribution in [2.45, 2.75) is 33.2 Å². The van der Waals surface area contributed by atoms with E-state index < -0.39 is 17.9 Å². The summed E-state index contributed by atoms with van der Waals surface area (Å²) < 4.78 is 1.66. The average Bonchev–Trinajstić information content (AvgIpc) is 2.94. The van der Waals surface area contributed by atoms with Gasteiger partial charge in [0, 0.05) is 5.69 Å². The largest absolute Gasteiger partial charge is 0.480 e. The molecule has 0 aliphatic carbocycles. The Morgan fingerprint density at radius 2 is 1.96 bits per heavy atom. The smallest absolute Gasteiger partial charge is 0.326 e. The van der Waals surface area contributed by atoms with Crippen molar-refractivity contribution in [1.29, 1.82) is 0 Å². The molecule has 1 amide bonds. The molecule has 2 unspecified atom stereocenters. The van der Waals surface area contributed by atoms with Crippen molar-refractivity contribution in [3.05, 3.63) is 47.8 Å². The third kappa shape index (κ3) is 3.77. The van der Waals surface area contributed by atoms with Gasteiger partial charge in [-0.15, -0.1) is 0 Å². The number of nitrogens with zero attached hydrogens (tertiary/aromatic N) is 2. The zero-order valence-corrected chi connectivity index (χ0v) is 13.5. The summed E-state index contributed by atoms with van der Waals surface area (Å²) in [5, 5.41) is 16.1. The third-order valence-electron chi connectivity index (χ3n) is 3.89. The number of nitrogens with one attached hydrogen (secondary N) is 1. The van der Waals surface area contributed by atoms with Crippen molar-refractivity contribution in [3.63, 3.8) is 0 Å². The van der Waals surface area contributed by atoms with Crippen molar-refractivity contribution in [2.75, 3.05) is 0 Å². The fourth-order valence-corrected chi connectivity index (χ4v) is 2.31. The van der Waals surface area contributed by atoms with Gasteiger partial charge >= 0.3 is 5.97 Å². The maximum absolute atomic E-state index is 12.3. The molecule has 0 saturated heterocycles. The molecule has 122 valence electrons. The van der Waals surface area contributed by atoms with Crippen LogP contribution in [0.15, 0.2) is 36.4 Å². The molecule has 2 N–H and O–H groups in total. The Balaban J connectivity index is 2.22. The number of rotatable bonds is 6. The predicted molar refractivity (Wildman–Crippen MR) is 86.6 cm³/mol. The molecule has 0 fully saturated rings. The molecule has 1 aromatic carbocycles. The second-order valence-corrected chi connectivity index (χ2v) is 5.59. The summed E-state index contributed by atoms with van der Waals surface area (Å²) in [5.41, 5.74) is 1.86.